The molecular formula is C11H16ClFO2. The number of halogens is 2. The van der Waals surface area contributed by atoms with Crippen LogP contribution in [0.15, 0.2) is 12.2 Å². The first kappa shape index (κ1) is 12.5. The van der Waals surface area contributed by atoms with Gasteiger partial charge >= 0.3 is 5.97 Å². The van der Waals surface area contributed by atoms with Crippen molar-refractivity contribution in [2.45, 2.75) is 44.3 Å². The average molecular weight is 235 g/mol. The molecule has 1 fully saturated rings. The van der Waals surface area contributed by atoms with E-state index in [2.05, 4.69) is 0 Å². The molecule has 0 spiro atoms. The van der Waals surface area contributed by atoms with Crippen molar-refractivity contribution in [1.29, 1.82) is 0 Å². The summed E-state index contributed by atoms with van der Waals surface area (Å²) in [4.78, 5) is 11.2. The van der Waals surface area contributed by atoms with Crippen LogP contribution in [0.2, 0.25) is 0 Å². The zero-order valence-electron chi connectivity index (χ0n) is 9.22. The lowest BCUT2D eigenvalue weighted by Crippen LogP contribution is -2.22. The molecule has 0 N–H and O–H groups in total. The van der Waals surface area contributed by atoms with Gasteiger partial charge in [-0.2, -0.15) is 0 Å². The zero-order valence-corrected chi connectivity index (χ0v) is 9.97. The molecule has 0 heterocycles. The van der Waals surface area contributed by atoms with Crippen LogP contribution >= 0.6 is 11.6 Å². The summed E-state index contributed by atoms with van der Waals surface area (Å²) < 4.78 is 17.9. The fourth-order valence-electron chi connectivity index (χ4n) is 1.19. The quantitative estimate of drug-likeness (QED) is 0.426. The van der Waals surface area contributed by atoms with Gasteiger partial charge in [-0.3, -0.25) is 0 Å². The Morgan fingerprint density at radius 1 is 1.67 bits per heavy atom. The number of hydrogen-bond acceptors (Lipinski definition) is 2. The number of carbonyl (C=O) groups is 1. The number of ether oxygens (including phenoxy) is 1. The molecule has 2 unspecified atom stereocenters. The second-order valence-electron chi connectivity index (χ2n) is 4.83. The van der Waals surface area contributed by atoms with Crippen molar-refractivity contribution in [3.05, 3.63) is 12.2 Å². The van der Waals surface area contributed by atoms with Crippen LogP contribution in [0.5, 0.6) is 0 Å². The van der Waals surface area contributed by atoms with Crippen LogP contribution in [-0.2, 0) is 9.53 Å². The highest BCUT2D eigenvalue weighted by molar-refractivity contribution is 6.25. The first-order valence-electron chi connectivity index (χ1n) is 4.98. The van der Waals surface area contributed by atoms with Crippen molar-refractivity contribution < 1.29 is 13.9 Å². The molecule has 1 aliphatic rings. The standard InChI is InChI=1S/C11H16ClFO2/c1-10(2,3)15-9(14)6-4-5-8-7-11(8,12)13/h4,6,8H,5,7H2,1-3H3/b6-4+. The maximum Gasteiger partial charge on any atom is 0.330 e. The number of allylic oxidation sites excluding steroid dienone is 1. The summed E-state index contributed by atoms with van der Waals surface area (Å²) in [6.07, 6.45) is 3.80. The monoisotopic (exact) mass is 234 g/mol. The zero-order chi connectivity index (χ0) is 11.7. The number of rotatable bonds is 3. The number of hydrogen-bond donors (Lipinski definition) is 0. The normalized spacial score (nSPS) is 30.6. The van der Waals surface area contributed by atoms with Gasteiger partial charge in [0.05, 0.1) is 0 Å². The van der Waals surface area contributed by atoms with Crippen molar-refractivity contribution in [2.24, 2.45) is 5.92 Å². The first-order chi connectivity index (χ1) is 6.71. The summed E-state index contributed by atoms with van der Waals surface area (Å²) >= 11 is 5.41. The van der Waals surface area contributed by atoms with E-state index in [1.807, 2.05) is 0 Å². The molecule has 4 heteroatoms. The Balaban J connectivity index is 2.24. The minimum atomic E-state index is -1.54. The van der Waals surface area contributed by atoms with Gasteiger partial charge in [-0.25, -0.2) is 9.18 Å². The van der Waals surface area contributed by atoms with Crippen molar-refractivity contribution in [2.75, 3.05) is 0 Å². The van der Waals surface area contributed by atoms with Gasteiger partial charge < -0.3 is 4.74 Å². The molecule has 0 bridgehead atoms. The summed E-state index contributed by atoms with van der Waals surface area (Å²) in [6.45, 7) is 5.39. The van der Waals surface area contributed by atoms with E-state index in [1.54, 1.807) is 26.8 Å². The Morgan fingerprint density at radius 2 is 2.20 bits per heavy atom. The molecule has 0 radical (unpaired) electrons. The van der Waals surface area contributed by atoms with Gasteiger partial charge in [0.2, 0.25) is 0 Å². The first-order valence-corrected chi connectivity index (χ1v) is 5.36. The summed E-state index contributed by atoms with van der Waals surface area (Å²) in [7, 11) is 0. The summed E-state index contributed by atoms with van der Waals surface area (Å²) in [5, 5.41) is -1.54. The van der Waals surface area contributed by atoms with Crippen molar-refractivity contribution in [1.82, 2.24) is 0 Å². The predicted octanol–water partition coefficient (Wildman–Crippen LogP) is 3.20. The minimum Gasteiger partial charge on any atom is -0.457 e. The van der Waals surface area contributed by atoms with Gasteiger partial charge in [0, 0.05) is 18.4 Å². The average Bonchev–Trinajstić information content (AvgIpc) is 2.54. The largest absolute Gasteiger partial charge is 0.457 e. The second kappa shape index (κ2) is 4.12. The molecule has 1 saturated carbocycles. The van der Waals surface area contributed by atoms with E-state index in [0.717, 1.165) is 0 Å². The van der Waals surface area contributed by atoms with Crippen LogP contribution in [0.3, 0.4) is 0 Å². The molecule has 0 amide bonds. The summed E-state index contributed by atoms with van der Waals surface area (Å²) in [5.74, 6) is -0.556. The smallest absolute Gasteiger partial charge is 0.330 e. The maximum absolute atomic E-state index is 12.9. The molecule has 2 nitrogen and oxygen atoms in total. The van der Waals surface area contributed by atoms with Crippen LogP contribution in [0, 0.1) is 5.92 Å². The Morgan fingerprint density at radius 3 is 2.60 bits per heavy atom. The molecule has 0 aromatic heterocycles. The van der Waals surface area contributed by atoms with Gasteiger partial charge in [0.15, 0.2) is 5.13 Å². The van der Waals surface area contributed by atoms with Crippen molar-refractivity contribution in [3.8, 4) is 0 Å². The van der Waals surface area contributed by atoms with Crippen LogP contribution in [0.4, 0.5) is 4.39 Å². The molecule has 2 atom stereocenters. The Hall–Kier alpha value is -0.570. The van der Waals surface area contributed by atoms with Gasteiger partial charge in [-0.05, 0) is 27.2 Å². The lowest BCUT2D eigenvalue weighted by Gasteiger charge is -2.17. The van der Waals surface area contributed by atoms with Gasteiger partial charge in [-0.15, -0.1) is 0 Å². The predicted molar refractivity (Wildman–Crippen MR) is 57.4 cm³/mol. The Bertz CT molecular complexity index is 279. The highest BCUT2D eigenvalue weighted by atomic mass is 35.5. The molecule has 1 aliphatic carbocycles. The minimum absolute atomic E-state index is 0.155. The van der Waals surface area contributed by atoms with Crippen LogP contribution in [0.25, 0.3) is 0 Å². The molecule has 0 aromatic carbocycles. The topological polar surface area (TPSA) is 26.3 Å². The van der Waals surface area contributed by atoms with E-state index in [9.17, 15) is 9.18 Å². The van der Waals surface area contributed by atoms with E-state index < -0.39 is 16.7 Å². The Kier molecular flexibility index (Phi) is 3.44. The van der Waals surface area contributed by atoms with E-state index in [4.69, 9.17) is 16.3 Å². The van der Waals surface area contributed by atoms with E-state index in [0.29, 0.717) is 12.8 Å². The highest BCUT2D eigenvalue weighted by Crippen LogP contribution is 2.52. The van der Waals surface area contributed by atoms with Crippen LogP contribution < -0.4 is 0 Å². The maximum atomic E-state index is 12.9. The molecule has 0 saturated heterocycles. The van der Waals surface area contributed by atoms with Gasteiger partial charge in [0.25, 0.3) is 0 Å². The third-order valence-electron chi connectivity index (χ3n) is 2.04. The number of esters is 1. The van der Waals surface area contributed by atoms with E-state index in [1.165, 1.54) is 6.08 Å². The third kappa shape index (κ3) is 4.65. The summed E-state index contributed by atoms with van der Waals surface area (Å²) in [5.41, 5.74) is -0.489. The molecule has 86 valence electrons. The third-order valence-corrected chi connectivity index (χ3v) is 2.50. The van der Waals surface area contributed by atoms with E-state index >= 15 is 0 Å². The molecule has 15 heavy (non-hydrogen) atoms. The summed E-state index contributed by atoms with van der Waals surface area (Å²) in [6, 6.07) is 0. The van der Waals surface area contributed by atoms with Gasteiger partial charge in [-0.1, -0.05) is 17.7 Å². The lowest BCUT2D eigenvalue weighted by molar-refractivity contribution is -0.148. The highest BCUT2D eigenvalue weighted by Gasteiger charge is 2.53. The second-order valence-corrected chi connectivity index (χ2v) is 5.46. The van der Waals surface area contributed by atoms with Gasteiger partial charge in [0.1, 0.15) is 5.60 Å². The van der Waals surface area contributed by atoms with Crippen molar-refractivity contribution in [3.63, 3.8) is 0 Å². The molecular weight excluding hydrogens is 219 g/mol. The fraction of sp³-hybridized carbons (Fsp3) is 0.727. The van der Waals surface area contributed by atoms with Crippen LogP contribution in [-0.4, -0.2) is 16.7 Å². The molecule has 0 aromatic rings. The fourth-order valence-corrected chi connectivity index (χ4v) is 1.47. The number of carbonyl (C=O) groups excluding carboxylic acids is 1. The molecule has 1 rings (SSSR count). The van der Waals surface area contributed by atoms with Crippen molar-refractivity contribution >= 4 is 17.6 Å². The SMILES string of the molecule is CC(C)(C)OC(=O)/C=C/CC1CC1(F)Cl. The van der Waals surface area contributed by atoms with Crippen LogP contribution in [0.1, 0.15) is 33.6 Å². The van der Waals surface area contributed by atoms with E-state index in [-0.39, 0.29) is 5.92 Å². The number of alkyl halides is 2. The lowest BCUT2D eigenvalue weighted by atomic mass is 10.2. The Labute approximate surface area is 94.4 Å². The molecule has 0 aliphatic heterocycles.